The Morgan fingerprint density at radius 3 is 2.60 bits per heavy atom. The Balaban J connectivity index is 1.50. The highest BCUT2D eigenvalue weighted by molar-refractivity contribution is 6.09. The highest BCUT2D eigenvalue weighted by Gasteiger charge is 2.31. The van der Waals surface area contributed by atoms with Gasteiger partial charge in [-0.15, -0.1) is 0 Å². The zero-order chi connectivity index (χ0) is 28.1. The summed E-state index contributed by atoms with van der Waals surface area (Å²) < 4.78 is 5.44. The van der Waals surface area contributed by atoms with Crippen molar-refractivity contribution in [3.63, 3.8) is 0 Å². The summed E-state index contributed by atoms with van der Waals surface area (Å²) >= 11 is 0. The first-order chi connectivity index (χ1) is 19.4. The first-order valence-corrected chi connectivity index (χ1v) is 12.9. The van der Waals surface area contributed by atoms with Crippen LogP contribution < -0.4 is 15.0 Å². The van der Waals surface area contributed by atoms with Crippen molar-refractivity contribution in [3.05, 3.63) is 89.9 Å². The van der Waals surface area contributed by atoms with Crippen LogP contribution in [0.5, 0.6) is 5.75 Å². The molecule has 202 valence electrons. The zero-order valence-electron chi connectivity index (χ0n) is 21.9. The molecule has 10 nitrogen and oxygen atoms in total. The number of piperazine rings is 1. The van der Waals surface area contributed by atoms with Gasteiger partial charge in [-0.1, -0.05) is 54.6 Å². The van der Waals surface area contributed by atoms with Gasteiger partial charge in [0.05, 0.1) is 31.3 Å². The van der Waals surface area contributed by atoms with Crippen LogP contribution in [0.3, 0.4) is 0 Å². The van der Waals surface area contributed by atoms with Gasteiger partial charge in [-0.3, -0.25) is 4.79 Å². The Morgan fingerprint density at radius 1 is 1.07 bits per heavy atom. The Morgan fingerprint density at radius 2 is 1.85 bits per heavy atom. The van der Waals surface area contributed by atoms with Gasteiger partial charge in [0.2, 0.25) is 0 Å². The van der Waals surface area contributed by atoms with Gasteiger partial charge in [0.25, 0.3) is 5.91 Å². The molecule has 4 aromatic rings. The van der Waals surface area contributed by atoms with Gasteiger partial charge in [-0.05, 0) is 17.0 Å². The molecule has 3 aromatic carbocycles. The fourth-order valence-corrected chi connectivity index (χ4v) is 4.90. The standard InChI is InChI=1S/C30H28N6O4/c1-40-23-16-21-9-5-6-10-24(21)25(17-23)33-29(37)26-18-28(34-27(32-26)15-20-7-3-2-4-8-20)35-13-14-36(30(38)39)22(19-35)11-12-31/h2-10,16-18,22H,11,13-15,19H2,1H3,(H,33,37)(H,38,39)/t22-/m0/s1. The van der Waals surface area contributed by atoms with Crippen LogP contribution in [0.4, 0.5) is 16.3 Å². The van der Waals surface area contributed by atoms with Crippen molar-refractivity contribution in [2.24, 2.45) is 0 Å². The average Bonchev–Trinajstić information content (AvgIpc) is 2.97. The van der Waals surface area contributed by atoms with Crippen LogP contribution in [-0.4, -0.2) is 64.8 Å². The van der Waals surface area contributed by atoms with E-state index in [1.807, 2.05) is 65.6 Å². The molecule has 0 aliphatic carbocycles. The first-order valence-electron chi connectivity index (χ1n) is 12.9. The van der Waals surface area contributed by atoms with Crippen LogP contribution >= 0.6 is 0 Å². The first kappa shape index (κ1) is 26.4. The number of anilines is 2. The number of benzene rings is 3. The van der Waals surface area contributed by atoms with Gasteiger partial charge in [-0.25, -0.2) is 14.8 Å². The molecule has 5 rings (SSSR count). The molecule has 1 aliphatic heterocycles. The fraction of sp³-hybridized carbons (Fsp3) is 0.233. The Kier molecular flexibility index (Phi) is 7.73. The maximum absolute atomic E-state index is 13.6. The van der Waals surface area contributed by atoms with E-state index in [9.17, 15) is 20.0 Å². The van der Waals surface area contributed by atoms with Crippen molar-refractivity contribution in [2.75, 3.05) is 37.0 Å². The summed E-state index contributed by atoms with van der Waals surface area (Å²) in [4.78, 5) is 37.9. The summed E-state index contributed by atoms with van der Waals surface area (Å²) in [5.41, 5.74) is 1.76. The molecular formula is C30H28N6O4. The summed E-state index contributed by atoms with van der Waals surface area (Å²) in [6.07, 6.45) is -0.590. The highest BCUT2D eigenvalue weighted by Crippen LogP contribution is 2.30. The Labute approximate surface area is 231 Å². The molecule has 1 aromatic heterocycles. The molecule has 1 atom stereocenters. The number of fused-ring (bicyclic) bond motifs is 1. The minimum absolute atomic E-state index is 0.0566. The molecule has 0 unspecified atom stereocenters. The van der Waals surface area contributed by atoms with Gasteiger partial charge >= 0.3 is 6.09 Å². The number of carbonyl (C=O) groups is 2. The number of ether oxygens (including phenoxy) is 1. The maximum atomic E-state index is 13.6. The van der Waals surface area contributed by atoms with Crippen molar-refractivity contribution in [2.45, 2.75) is 18.9 Å². The summed E-state index contributed by atoms with van der Waals surface area (Å²) in [5, 5.41) is 23.6. The van der Waals surface area contributed by atoms with Gasteiger partial charge < -0.3 is 25.0 Å². The number of carboxylic acid groups (broad SMARTS) is 1. The molecule has 1 saturated heterocycles. The van der Waals surface area contributed by atoms with E-state index in [-0.39, 0.29) is 25.2 Å². The van der Waals surface area contributed by atoms with E-state index in [0.717, 1.165) is 16.3 Å². The number of rotatable bonds is 7. The number of nitriles is 1. The van der Waals surface area contributed by atoms with Crippen molar-refractivity contribution in [1.82, 2.24) is 14.9 Å². The lowest BCUT2D eigenvalue weighted by Crippen LogP contribution is -2.55. The lowest BCUT2D eigenvalue weighted by molar-refractivity contribution is 0.102. The van der Waals surface area contributed by atoms with E-state index in [2.05, 4.69) is 16.4 Å². The Hall–Kier alpha value is -5.17. The third-order valence-electron chi connectivity index (χ3n) is 6.90. The molecule has 40 heavy (non-hydrogen) atoms. The summed E-state index contributed by atoms with van der Waals surface area (Å²) in [6, 6.07) is 24.3. The molecule has 2 amide bonds. The SMILES string of the molecule is COc1cc(NC(=O)c2cc(N3CCN(C(=O)O)[C@@H](CC#N)C3)nc(Cc3ccccc3)n2)c2ccccc2c1. The number of nitrogens with zero attached hydrogens (tertiary/aromatic N) is 5. The predicted molar refractivity (Wildman–Crippen MR) is 151 cm³/mol. The summed E-state index contributed by atoms with van der Waals surface area (Å²) in [7, 11) is 1.58. The minimum Gasteiger partial charge on any atom is -0.497 e. The third-order valence-corrected chi connectivity index (χ3v) is 6.90. The largest absolute Gasteiger partial charge is 0.497 e. The normalized spacial score (nSPS) is 14.9. The number of methoxy groups -OCH3 is 1. The smallest absolute Gasteiger partial charge is 0.407 e. The number of carbonyl (C=O) groups excluding carboxylic acids is 1. The zero-order valence-corrected chi connectivity index (χ0v) is 21.9. The molecule has 1 aliphatic rings. The molecule has 10 heteroatoms. The number of hydrogen-bond acceptors (Lipinski definition) is 7. The van der Waals surface area contributed by atoms with Crippen molar-refractivity contribution in [1.29, 1.82) is 5.26 Å². The van der Waals surface area contributed by atoms with Crippen LogP contribution in [0, 0.1) is 11.3 Å². The summed E-state index contributed by atoms with van der Waals surface area (Å²) in [5.74, 6) is 1.17. The lowest BCUT2D eigenvalue weighted by atomic mass is 10.1. The van der Waals surface area contributed by atoms with Crippen LogP contribution in [-0.2, 0) is 6.42 Å². The second kappa shape index (κ2) is 11.7. The number of hydrogen-bond donors (Lipinski definition) is 2. The number of aromatic nitrogens is 2. The van der Waals surface area contributed by atoms with E-state index in [0.29, 0.717) is 36.0 Å². The van der Waals surface area contributed by atoms with E-state index >= 15 is 0 Å². The third kappa shape index (κ3) is 5.78. The van der Waals surface area contributed by atoms with Crippen molar-refractivity contribution < 1.29 is 19.4 Å². The van der Waals surface area contributed by atoms with Gasteiger partial charge in [0.15, 0.2) is 0 Å². The lowest BCUT2D eigenvalue weighted by Gasteiger charge is -2.39. The van der Waals surface area contributed by atoms with E-state index in [1.54, 1.807) is 19.2 Å². The maximum Gasteiger partial charge on any atom is 0.407 e. The van der Waals surface area contributed by atoms with Crippen molar-refractivity contribution in [3.8, 4) is 11.8 Å². The van der Waals surface area contributed by atoms with Crippen LogP contribution in [0.25, 0.3) is 10.8 Å². The van der Waals surface area contributed by atoms with Gasteiger partial charge in [-0.2, -0.15) is 5.26 Å². The van der Waals surface area contributed by atoms with Gasteiger partial charge in [0.1, 0.15) is 23.1 Å². The second-order valence-corrected chi connectivity index (χ2v) is 9.48. The predicted octanol–water partition coefficient (Wildman–Crippen LogP) is 4.56. The number of amides is 2. The molecule has 0 saturated carbocycles. The molecule has 1 fully saturated rings. The van der Waals surface area contributed by atoms with E-state index in [4.69, 9.17) is 9.72 Å². The van der Waals surface area contributed by atoms with Crippen LogP contribution in [0.2, 0.25) is 0 Å². The molecular weight excluding hydrogens is 508 g/mol. The topological polar surface area (TPSA) is 132 Å². The monoisotopic (exact) mass is 536 g/mol. The Bertz CT molecular complexity index is 1590. The fourth-order valence-electron chi connectivity index (χ4n) is 4.90. The molecule has 2 N–H and O–H groups in total. The molecule has 0 radical (unpaired) electrons. The summed E-state index contributed by atoms with van der Waals surface area (Å²) in [6.45, 7) is 0.873. The molecule has 0 spiro atoms. The van der Waals surface area contributed by atoms with E-state index in [1.165, 1.54) is 4.90 Å². The number of nitrogens with one attached hydrogen (secondary N) is 1. The van der Waals surface area contributed by atoms with E-state index < -0.39 is 18.0 Å². The second-order valence-electron chi connectivity index (χ2n) is 9.48. The van der Waals surface area contributed by atoms with Crippen LogP contribution in [0.1, 0.15) is 28.3 Å². The molecule has 2 heterocycles. The molecule has 0 bridgehead atoms. The van der Waals surface area contributed by atoms with Gasteiger partial charge in [0, 0.05) is 43.6 Å². The minimum atomic E-state index is -1.06. The van der Waals surface area contributed by atoms with Crippen LogP contribution in [0.15, 0.2) is 72.8 Å². The van der Waals surface area contributed by atoms with Crippen molar-refractivity contribution >= 4 is 34.3 Å². The average molecular weight is 537 g/mol. The quantitative estimate of drug-likeness (QED) is 0.351. The highest BCUT2D eigenvalue weighted by atomic mass is 16.5.